The summed E-state index contributed by atoms with van der Waals surface area (Å²) in [7, 11) is 0. The second-order valence-electron chi connectivity index (χ2n) is 5.57. The predicted octanol–water partition coefficient (Wildman–Crippen LogP) is 0.330. The highest BCUT2D eigenvalue weighted by Crippen LogP contribution is 2.19. The fourth-order valence-corrected chi connectivity index (χ4v) is 2.88. The van der Waals surface area contributed by atoms with Gasteiger partial charge < -0.3 is 14.7 Å². The smallest absolute Gasteiger partial charge is 0.222 e. The number of aliphatic hydroxyl groups is 1. The van der Waals surface area contributed by atoms with Gasteiger partial charge in [0.05, 0.1) is 6.61 Å². The fraction of sp³-hybridized carbons (Fsp3) is 0.929. The summed E-state index contributed by atoms with van der Waals surface area (Å²) in [6.45, 7) is 6.03. The zero-order valence-corrected chi connectivity index (χ0v) is 11.7. The van der Waals surface area contributed by atoms with E-state index in [0.29, 0.717) is 12.3 Å². The monoisotopic (exact) mass is 270 g/mol. The van der Waals surface area contributed by atoms with Gasteiger partial charge in [-0.1, -0.05) is 0 Å². The van der Waals surface area contributed by atoms with Crippen molar-refractivity contribution < 1.29 is 14.6 Å². The number of piperazine rings is 1. The zero-order chi connectivity index (χ0) is 13.5. The first-order chi connectivity index (χ1) is 9.29. The third-order valence-electron chi connectivity index (χ3n) is 4.16. The lowest BCUT2D eigenvalue weighted by Gasteiger charge is -2.34. The van der Waals surface area contributed by atoms with Crippen LogP contribution in [-0.2, 0) is 9.53 Å². The summed E-state index contributed by atoms with van der Waals surface area (Å²) in [5.74, 6) is 0.864. The van der Waals surface area contributed by atoms with E-state index in [1.807, 2.05) is 4.90 Å². The molecule has 0 saturated carbocycles. The van der Waals surface area contributed by atoms with Gasteiger partial charge in [0, 0.05) is 52.4 Å². The van der Waals surface area contributed by atoms with Gasteiger partial charge in [0.1, 0.15) is 0 Å². The number of ether oxygens (including phenoxy) is 1. The quantitative estimate of drug-likeness (QED) is 0.782. The standard InChI is InChI=1S/C14H26N2O3/c17-10-9-15-5-7-16(8-6-15)14(18)4-3-13-2-1-11-19-12-13/h13,17H,1-12H2. The zero-order valence-electron chi connectivity index (χ0n) is 11.7. The van der Waals surface area contributed by atoms with Crippen molar-refractivity contribution in [3.8, 4) is 0 Å². The van der Waals surface area contributed by atoms with Crippen LogP contribution in [0.2, 0.25) is 0 Å². The van der Waals surface area contributed by atoms with E-state index in [4.69, 9.17) is 9.84 Å². The summed E-state index contributed by atoms with van der Waals surface area (Å²) in [6, 6.07) is 0. The molecule has 0 aromatic heterocycles. The summed E-state index contributed by atoms with van der Waals surface area (Å²) in [5, 5.41) is 8.89. The van der Waals surface area contributed by atoms with Crippen molar-refractivity contribution in [3.63, 3.8) is 0 Å². The second-order valence-corrected chi connectivity index (χ2v) is 5.57. The third kappa shape index (κ3) is 4.75. The van der Waals surface area contributed by atoms with Crippen molar-refractivity contribution in [2.75, 3.05) is 52.5 Å². The topological polar surface area (TPSA) is 53.0 Å². The van der Waals surface area contributed by atoms with Gasteiger partial charge in [0.15, 0.2) is 0 Å². The highest BCUT2D eigenvalue weighted by Gasteiger charge is 2.22. The maximum absolute atomic E-state index is 12.1. The van der Waals surface area contributed by atoms with Crippen LogP contribution in [0.25, 0.3) is 0 Å². The Labute approximate surface area is 115 Å². The number of carbonyl (C=O) groups excluding carboxylic acids is 1. The number of amides is 1. The molecule has 2 rings (SSSR count). The fourth-order valence-electron chi connectivity index (χ4n) is 2.88. The van der Waals surface area contributed by atoms with Crippen molar-refractivity contribution in [2.24, 2.45) is 5.92 Å². The molecule has 19 heavy (non-hydrogen) atoms. The predicted molar refractivity (Wildman–Crippen MR) is 72.9 cm³/mol. The van der Waals surface area contributed by atoms with Gasteiger partial charge in [-0.05, 0) is 25.2 Å². The molecule has 0 aromatic carbocycles. The number of β-amino-alcohol motifs (C(OH)–C–C–N with tert-alkyl or cyclic N) is 1. The van der Waals surface area contributed by atoms with Crippen LogP contribution in [0.3, 0.4) is 0 Å². The Morgan fingerprint density at radius 3 is 2.68 bits per heavy atom. The molecule has 0 spiro atoms. The Morgan fingerprint density at radius 1 is 1.26 bits per heavy atom. The van der Waals surface area contributed by atoms with Crippen LogP contribution >= 0.6 is 0 Å². The van der Waals surface area contributed by atoms with Crippen molar-refractivity contribution in [1.29, 1.82) is 0 Å². The average molecular weight is 270 g/mol. The molecular weight excluding hydrogens is 244 g/mol. The molecule has 1 unspecified atom stereocenters. The molecule has 1 atom stereocenters. The van der Waals surface area contributed by atoms with E-state index < -0.39 is 0 Å². The Bertz CT molecular complexity index is 272. The second kappa shape index (κ2) is 7.82. The number of hydrogen-bond acceptors (Lipinski definition) is 4. The number of nitrogens with zero attached hydrogens (tertiary/aromatic N) is 2. The maximum atomic E-state index is 12.1. The van der Waals surface area contributed by atoms with Crippen molar-refractivity contribution in [3.05, 3.63) is 0 Å². The Morgan fingerprint density at radius 2 is 2.05 bits per heavy atom. The third-order valence-corrected chi connectivity index (χ3v) is 4.16. The van der Waals surface area contributed by atoms with E-state index in [9.17, 15) is 4.79 Å². The minimum atomic E-state index is 0.204. The molecule has 0 radical (unpaired) electrons. The molecule has 0 aliphatic carbocycles. The van der Waals surface area contributed by atoms with Gasteiger partial charge in [0.2, 0.25) is 5.91 Å². The van der Waals surface area contributed by atoms with Gasteiger partial charge >= 0.3 is 0 Å². The molecular formula is C14H26N2O3. The molecule has 5 heteroatoms. The van der Waals surface area contributed by atoms with Crippen LogP contribution in [0.15, 0.2) is 0 Å². The molecule has 1 N–H and O–H groups in total. The lowest BCUT2D eigenvalue weighted by atomic mass is 9.96. The minimum Gasteiger partial charge on any atom is -0.395 e. The summed E-state index contributed by atoms with van der Waals surface area (Å²) >= 11 is 0. The molecule has 0 aromatic rings. The van der Waals surface area contributed by atoms with E-state index in [2.05, 4.69) is 4.90 Å². The highest BCUT2D eigenvalue weighted by molar-refractivity contribution is 5.76. The number of hydrogen-bond donors (Lipinski definition) is 1. The first kappa shape index (κ1) is 14.8. The molecule has 0 bridgehead atoms. The molecule has 1 amide bonds. The van der Waals surface area contributed by atoms with E-state index >= 15 is 0 Å². The van der Waals surface area contributed by atoms with Crippen LogP contribution in [0, 0.1) is 5.92 Å². The van der Waals surface area contributed by atoms with E-state index in [0.717, 1.165) is 58.8 Å². The lowest BCUT2D eigenvalue weighted by molar-refractivity contribution is -0.133. The largest absolute Gasteiger partial charge is 0.395 e. The molecule has 2 aliphatic heterocycles. The molecule has 2 saturated heterocycles. The summed E-state index contributed by atoms with van der Waals surface area (Å²) < 4.78 is 5.45. The average Bonchev–Trinajstić information content (AvgIpc) is 2.47. The van der Waals surface area contributed by atoms with Crippen molar-refractivity contribution >= 4 is 5.91 Å². The molecule has 2 aliphatic rings. The Balaban J connectivity index is 1.63. The molecule has 110 valence electrons. The van der Waals surface area contributed by atoms with Crippen LogP contribution in [-0.4, -0.2) is 73.4 Å². The lowest BCUT2D eigenvalue weighted by Crippen LogP contribution is -2.49. The normalized spacial score (nSPS) is 25.5. The SMILES string of the molecule is O=C(CCC1CCCOC1)N1CCN(CCO)CC1. The maximum Gasteiger partial charge on any atom is 0.222 e. The van der Waals surface area contributed by atoms with E-state index in [1.165, 1.54) is 6.42 Å². The van der Waals surface area contributed by atoms with Gasteiger partial charge in [-0.2, -0.15) is 0 Å². The molecule has 2 fully saturated rings. The van der Waals surface area contributed by atoms with Crippen LogP contribution in [0.5, 0.6) is 0 Å². The summed E-state index contributed by atoms with van der Waals surface area (Å²) in [6.07, 6.45) is 3.97. The van der Waals surface area contributed by atoms with Gasteiger partial charge in [-0.25, -0.2) is 0 Å². The summed E-state index contributed by atoms with van der Waals surface area (Å²) in [4.78, 5) is 16.3. The molecule has 5 nitrogen and oxygen atoms in total. The Hall–Kier alpha value is -0.650. The van der Waals surface area contributed by atoms with Crippen molar-refractivity contribution in [2.45, 2.75) is 25.7 Å². The number of carbonyl (C=O) groups is 1. The van der Waals surface area contributed by atoms with Gasteiger partial charge in [0.25, 0.3) is 0 Å². The van der Waals surface area contributed by atoms with Gasteiger partial charge in [-0.3, -0.25) is 9.69 Å². The van der Waals surface area contributed by atoms with Gasteiger partial charge in [-0.15, -0.1) is 0 Å². The van der Waals surface area contributed by atoms with E-state index in [-0.39, 0.29) is 12.5 Å². The number of rotatable bonds is 5. The van der Waals surface area contributed by atoms with Crippen molar-refractivity contribution in [1.82, 2.24) is 9.80 Å². The van der Waals surface area contributed by atoms with E-state index in [1.54, 1.807) is 0 Å². The summed E-state index contributed by atoms with van der Waals surface area (Å²) in [5.41, 5.74) is 0. The van der Waals surface area contributed by atoms with Crippen LogP contribution in [0.4, 0.5) is 0 Å². The number of aliphatic hydroxyl groups excluding tert-OH is 1. The first-order valence-corrected chi connectivity index (χ1v) is 7.48. The molecule has 2 heterocycles. The van der Waals surface area contributed by atoms with Crippen LogP contribution < -0.4 is 0 Å². The first-order valence-electron chi connectivity index (χ1n) is 7.48. The van der Waals surface area contributed by atoms with Crippen LogP contribution in [0.1, 0.15) is 25.7 Å². The minimum absolute atomic E-state index is 0.204. The Kier molecular flexibility index (Phi) is 6.07. The highest BCUT2D eigenvalue weighted by atomic mass is 16.5.